The smallest absolute Gasteiger partial charge is 0.321 e. The SMILES string of the molecule is CCN(CCN(C)C(=O)Nc1c(Cl)cccc1Cl)c1nc(Cc2ccc(F)cc2)ns1. The Morgan fingerprint density at radius 3 is 2.45 bits per heavy atom. The van der Waals surface area contributed by atoms with Gasteiger partial charge in [0.1, 0.15) is 11.6 Å². The molecule has 0 radical (unpaired) electrons. The fraction of sp³-hybridized carbons (Fsp3) is 0.286. The zero-order chi connectivity index (χ0) is 22.4. The predicted molar refractivity (Wildman–Crippen MR) is 125 cm³/mol. The number of carbonyl (C=O) groups is 1. The second-order valence-corrected chi connectivity index (χ2v) is 8.37. The van der Waals surface area contributed by atoms with Crippen LogP contribution in [0.3, 0.4) is 0 Å². The number of urea groups is 1. The summed E-state index contributed by atoms with van der Waals surface area (Å²) in [6.45, 7) is 3.79. The Kier molecular flexibility index (Phi) is 8.06. The van der Waals surface area contributed by atoms with Crippen LogP contribution in [-0.4, -0.2) is 47.0 Å². The third-order valence-electron chi connectivity index (χ3n) is 4.63. The first-order chi connectivity index (χ1) is 14.9. The lowest BCUT2D eigenvalue weighted by molar-refractivity contribution is 0.223. The number of likely N-dealkylation sites (N-methyl/N-ethyl adjacent to an activating group) is 2. The quantitative estimate of drug-likeness (QED) is 0.457. The van der Waals surface area contributed by atoms with Gasteiger partial charge in [-0.05, 0) is 36.8 Å². The summed E-state index contributed by atoms with van der Waals surface area (Å²) in [5.74, 6) is 0.419. The van der Waals surface area contributed by atoms with E-state index in [2.05, 4.69) is 19.6 Å². The fourth-order valence-electron chi connectivity index (χ4n) is 2.81. The zero-order valence-electron chi connectivity index (χ0n) is 17.1. The lowest BCUT2D eigenvalue weighted by Gasteiger charge is -2.24. The van der Waals surface area contributed by atoms with Crippen molar-refractivity contribution in [2.45, 2.75) is 13.3 Å². The molecule has 0 aliphatic heterocycles. The van der Waals surface area contributed by atoms with Crippen molar-refractivity contribution in [1.82, 2.24) is 14.3 Å². The molecular formula is C21H22Cl2FN5OS. The van der Waals surface area contributed by atoms with Crippen LogP contribution in [0.2, 0.25) is 10.0 Å². The van der Waals surface area contributed by atoms with Crippen LogP contribution in [0.5, 0.6) is 0 Å². The van der Waals surface area contributed by atoms with Crippen LogP contribution >= 0.6 is 34.7 Å². The summed E-state index contributed by atoms with van der Waals surface area (Å²) in [5, 5.41) is 4.29. The van der Waals surface area contributed by atoms with Crippen molar-refractivity contribution in [3.8, 4) is 0 Å². The molecule has 0 spiro atoms. The third-order valence-corrected chi connectivity index (χ3v) is 6.08. The number of carbonyl (C=O) groups excluding carboxylic acids is 1. The fourth-order valence-corrected chi connectivity index (χ4v) is 4.08. The van der Waals surface area contributed by atoms with Crippen molar-refractivity contribution in [1.29, 1.82) is 0 Å². The number of hydrogen-bond acceptors (Lipinski definition) is 5. The Morgan fingerprint density at radius 2 is 1.81 bits per heavy atom. The van der Waals surface area contributed by atoms with Crippen molar-refractivity contribution >= 4 is 51.6 Å². The topological polar surface area (TPSA) is 61.4 Å². The molecule has 0 saturated carbocycles. The molecule has 0 atom stereocenters. The van der Waals surface area contributed by atoms with Gasteiger partial charge in [-0.1, -0.05) is 41.4 Å². The molecule has 0 saturated heterocycles. The molecule has 1 N–H and O–H groups in total. The largest absolute Gasteiger partial charge is 0.345 e. The van der Waals surface area contributed by atoms with Crippen LogP contribution < -0.4 is 10.2 Å². The average molecular weight is 482 g/mol. The standard InChI is InChI=1S/C21H22Cl2FN5OS/c1-3-29(21-25-18(27-31-21)13-14-7-9-15(24)10-8-14)12-11-28(2)20(30)26-19-16(22)5-4-6-17(19)23/h4-10H,3,11-13H2,1-2H3,(H,26,30). The van der Waals surface area contributed by atoms with Crippen LogP contribution in [0.4, 0.5) is 20.0 Å². The number of benzene rings is 2. The number of halogens is 3. The van der Waals surface area contributed by atoms with Gasteiger partial charge in [0.2, 0.25) is 5.13 Å². The summed E-state index contributed by atoms with van der Waals surface area (Å²) >= 11 is 13.5. The Hall–Kier alpha value is -2.42. The van der Waals surface area contributed by atoms with E-state index >= 15 is 0 Å². The molecule has 0 unspecified atom stereocenters. The molecule has 164 valence electrons. The molecule has 2 aromatic carbocycles. The van der Waals surface area contributed by atoms with Gasteiger partial charge in [-0.2, -0.15) is 4.37 Å². The minimum atomic E-state index is -0.305. The number of amides is 2. The van der Waals surface area contributed by atoms with Gasteiger partial charge in [0, 0.05) is 44.6 Å². The second kappa shape index (κ2) is 10.7. The maximum absolute atomic E-state index is 13.1. The molecule has 3 rings (SSSR count). The van der Waals surface area contributed by atoms with E-state index in [0.29, 0.717) is 41.1 Å². The third kappa shape index (κ3) is 6.29. The number of anilines is 2. The van der Waals surface area contributed by atoms with Crippen LogP contribution in [-0.2, 0) is 6.42 Å². The van der Waals surface area contributed by atoms with Gasteiger partial charge in [-0.25, -0.2) is 14.2 Å². The molecule has 1 heterocycles. The van der Waals surface area contributed by atoms with E-state index in [0.717, 1.165) is 17.2 Å². The maximum Gasteiger partial charge on any atom is 0.321 e. The van der Waals surface area contributed by atoms with Gasteiger partial charge < -0.3 is 15.1 Å². The van der Waals surface area contributed by atoms with Crippen LogP contribution in [0.25, 0.3) is 0 Å². The van der Waals surface area contributed by atoms with Gasteiger partial charge in [-0.3, -0.25) is 0 Å². The lowest BCUT2D eigenvalue weighted by Crippen LogP contribution is -2.38. The minimum Gasteiger partial charge on any atom is -0.345 e. The van der Waals surface area contributed by atoms with Gasteiger partial charge in [-0.15, -0.1) is 0 Å². The van der Waals surface area contributed by atoms with Gasteiger partial charge in [0.25, 0.3) is 0 Å². The average Bonchev–Trinajstić information content (AvgIpc) is 3.21. The van der Waals surface area contributed by atoms with Crippen molar-refractivity contribution in [2.75, 3.05) is 36.9 Å². The maximum atomic E-state index is 13.1. The minimum absolute atomic E-state index is 0.266. The highest BCUT2D eigenvalue weighted by Crippen LogP contribution is 2.30. The number of para-hydroxylation sites is 1. The van der Waals surface area contributed by atoms with E-state index in [9.17, 15) is 9.18 Å². The summed E-state index contributed by atoms with van der Waals surface area (Å²) in [6, 6.07) is 11.1. The highest BCUT2D eigenvalue weighted by atomic mass is 35.5. The first-order valence-corrected chi connectivity index (χ1v) is 11.2. The van der Waals surface area contributed by atoms with Crippen molar-refractivity contribution < 1.29 is 9.18 Å². The summed E-state index contributed by atoms with van der Waals surface area (Å²) in [7, 11) is 1.70. The Morgan fingerprint density at radius 1 is 1.13 bits per heavy atom. The zero-order valence-corrected chi connectivity index (χ0v) is 19.4. The summed E-state index contributed by atoms with van der Waals surface area (Å²) in [4.78, 5) is 20.7. The van der Waals surface area contributed by atoms with E-state index in [1.807, 2.05) is 6.92 Å². The normalized spacial score (nSPS) is 10.7. The van der Waals surface area contributed by atoms with Gasteiger partial charge in [0.15, 0.2) is 0 Å². The van der Waals surface area contributed by atoms with E-state index in [4.69, 9.17) is 23.2 Å². The molecule has 3 aromatic rings. The van der Waals surface area contributed by atoms with E-state index in [-0.39, 0.29) is 11.8 Å². The molecule has 1 aromatic heterocycles. The van der Waals surface area contributed by atoms with Crippen LogP contribution in [0, 0.1) is 5.82 Å². The molecule has 31 heavy (non-hydrogen) atoms. The number of nitrogens with zero attached hydrogens (tertiary/aromatic N) is 4. The predicted octanol–water partition coefficient (Wildman–Crippen LogP) is 5.57. The molecule has 0 aliphatic rings. The molecule has 0 bridgehead atoms. The van der Waals surface area contributed by atoms with Crippen LogP contribution in [0.1, 0.15) is 18.3 Å². The van der Waals surface area contributed by atoms with Crippen molar-refractivity contribution in [3.63, 3.8) is 0 Å². The summed E-state index contributed by atoms with van der Waals surface area (Å²) in [6.07, 6.45) is 0.537. The molecule has 0 fully saturated rings. The van der Waals surface area contributed by atoms with E-state index < -0.39 is 0 Å². The van der Waals surface area contributed by atoms with E-state index in [1.165, 1.54) is 23.7 Å². The summed E-state index contributed by atoms with van der Waals surface area (Å²) < 4.78 is 17.5. The lowest BCUT2D eigenvalue weighted by atomic mass is 10.1. The number of aromatic nitrogens is 2. The highest BCUT2D eigenvalue weighted by Gasteiger charge is 2.16. The van der Waals surface area contributed by atoms with E-state index in [1.54, 1.807) is 42.3 Å². The molecule has 2 amide bonds. The van der Waals surface area contributed by atoms with Crippen LogP contribution in [0.15, 0.2) is 42.5 Å². The first kappa shape index (κ1) is 23.2. The first-order valence-electron chi connectivity index (χ1n) is 9.65. The number of hydrogen-bond donors (Lipinski definition) is 1. The van der Waals surface area contributed by atoms with Crippen molar-refractivity contribution in [2.24, 2.45) is 0 Å². The number of rotatable bonds is 8. The monoisotopic (exact) mass is 481 g/mol. The molecule has 6 nitrogen and oxygen atoms in total. The van der Waals surface area contributed by atoms with Gasteiger partial charge in [0.05, 0.1) is 15.7 Å². The summed E-state index contributed by atoms with van der Waals surface area (Å²) in [5.41, 5.74) is 1.34. The Bertz CT molecular complexity index is 1010. The van der Waals surface area contributed by atoms with Gasteiger partial charge >= 0.3 is 6.03 Å². The Labute approximate surface area is 194 Å². The Balaban J connectivity index is 1.56. The number of nitrogens with one attached hydrogen (secondary N) is 1. The highest BCUT2D eigenvalue weighted by molar-refractivity contribution is 7.09. The van der Waals surface area contributed by atoms with Crippen molar-refractivity contribution in [3.05, 3.63) is 69.7 Å². The second-order valence-electron chi connectivity index (χ2n) is 6.82. The molecular weight excluding hydrogens is 460 g/mol. The molecule has 10 heteroatoms. The molecule has 0 aliphatic carbocycles.